The lowest BCUT2D eigenvalue weighted by molar-refractivity contribution is 0.350. The summed E-state index contributed by atoms with van der Waals surface area (Å²) >= 11 is 12.0. The number of aromatic nitrogens is 2. The summed E-state index contributed by atoms with van der Waals surface area (Å²) < 4.78 is 26.8. The van der Waals surface area contributed by atoms with Crippen LogP contribution < -0.4 is 4.72 Å². The molecular formula is C12H9Cl2N3O3S. The van der Waals surface area contributed by atoms with Crippen molar-refractivity contribution in [2.24, 2.45) is 0 Å². The molecule has 3 N–H and O–H groups in total. The maximum Gasteiger partial charge on any atom is 0.264 e. The first-order valence-corrected chi connectivity index (χ1v) is 7.78. The van der Waals surface area contributed by atoms with E-state index < -0.39 is 10.0 Å². The van der Waals surface area contributed by atoms with Gasteiger partial charge in [-0.2, -0.15) is 5.10 Å². The number of sulfonamides is 1. The summed E-state index contributed by atoms with van der Waals surface area (Å²) in [5.74, 6) is 5.03. The molecule has 1 aromatic carbocycles. The molecule has 1 aromatic heterocycles. The van der Waals surface area contributed by atoms with Crippen LogP contribution in [-0.4, -0.2) is 30.3 Å². The number of H-pyrrole nitrogens is 1. The van der Waals surface area contributed by atoms with Gasteiger partial charge in [-0.25, -0.2) is 8.42 Å². The number of nitrogens with one attached hydrogen (secondary N) is 2. The number of hydrogen-bond donors (Lipinski definition) is 3. The first-order valence-electron chi connectivity index (χ1n) is 5.54. The first kappa shape index (κ1) is 15.7. The summed E-state index contributed by atoms with van der Waals surface area (Å²) in [6, 6.07) is 2.72. The van der Waals surface area contributed by atoms with Crippen molar-refractivity contribution in [1.82, 2.24) is 10.2 Å². The van der Waals surface area contributed by atoms with E-state index >= 15 is 0 Å². The van der Waals surface area contributed by atoms with Crippen molar-refractivity contribution in [2.75, 3.05) is 11.3 Å². The predicted octanol–water partition coefficient (Wildman–Crippen LogP) is 1.86. The highest BCUT2D eigenvalue weighted by Crippen LogP contribution is 2.31. The van der Waals surface area contributed by atoms with E-state index in [4.69, 9.17) is 28.3 Å². The Kier molecular flexibility index (Phi) is 4.75. The molecule has 0 aliphatic heterocycles. The van der Waals surface area contributed by atoms with Crippen molar-refractivity contribution in [3.63, 3.8) is 0 Å². The fourth-order valence-corrected chi connectivity index (χ4v) is 3.80. The second-order valence-electron chi connectivity index (χ2n) is 3.82. The normalized spacial score (nSPS) is 10.8. The highest BCUT2D eigenvalue weighted by atomic mass is 35.5. The molecule has 0 atom stereocenters. The van der Waals surface area contributed by atoms with Gasteiger partial charge >= 0.3 is 0 Å². The van der Waals surface area contributed by atoms with E-state index in [0.717, 1.165) is 0 Å². The topological polar surface area (TPSA) is 95.1 Å². The zero-order valence-corrected chi connectivity index (χ0v) is 12.7. The largest absolute Gasteiger partial charge is 0.384 e. The molecule has 1 heterocycles. The van der Waals surface area contributed by atoms with Crippen molar-refractivity contribution in [3.8, 4) is 11.8 Å². The lowest BCUT2D eigenvalue weighted by Gasteiger charge is -2.10. The van der Waals surface area contributed by atoms with E-state index in [0.29, 0.717) is 5.56 Å². The molecule has 0 unspecified atom stereocenters. The van der Waals surface area contributed by atoms with Gasteiger partial charge in [0.2, 0.25) is 0 Å². The lowest BCUT2D eigenvalue weighted by Crippen LogP contribution is -2.13. The number of nitrogens with zero attached hydrogens (tertiary/aromatic N) is 1. The van der Waals surface area contributed by atoms with Crippen LogP contribution >= 0.6 is 23.2 Å². The summed E-state index contributed by atoms with van der Waals surface area (Å²) in [6.07, 6.45) is 2.68. The minimum atomic E-state index is -3.95. The number of aliphatic hydroxyl groups is 1. The average molecular weight is 346 g/mol. The highest BCUT2D eigenvalue weighted by molar-refractivity contribution is 7.93. The summed E-state index contributed by atoms with van der Waals surface area (Å²) in [6.45, 7) is -0.322. The van der Waals surface area contributed by atoms with Gasteiger partial charge in [-0.05, 0) is 12.1 Å². The number of halogens is 2. The Hall–Kier alpha value is -1.72. The maximum atomic E-state index is 12.3. The zero-order chi connectivity index (χ0) is 15.5. The molecule has 21 heavy (non-hydrogen) atoms. The Balaban J connectivity index is 2.44. The lowest BCUT2D eigenvalue weighted by atomic mass is 10.2. The van der Waals surface area contributed by atoms with E-state index in [2.05, 4.69) is 26.8 Å². The van der Waals surface area contributed by atoms with Crippen LogP contribution in [0.5, 0.6) is 0 Å². The summed E-state index contributed by atoms with van der Waals surface area (Å²) in [5.41, 5.74) is 0.660. The zero-order valence-electron chi connectivity index (χ0n) is 10.4. The number of hydrogen-bond acceptors (Lipinski definition) is 4. The molecule has 2 aromatic rings. The number of aromatic amines is 1. The fraction of sp³-hybridized carbons (Fsp3) is 0.0833. The fourth-order valence-electron chi connectivity index (χ4n) is 1.54. The molecule has 0 fully saturated rings. The van der Waals surface area contributed by atoms with Crippen molar-refractivity contribution in [1.29, 1.82) is 0 Å². The first-order chi connectivity index (χ1) is 9.94. The SMILES string of the molecule is O=S(=O)(Nc1cn[nH]c1)c1c(Cl)cc(C#CCO)cc1Cl. The van der Waals surface area contributed by atoms with Crippen molar-refractivity contribution in [3.05, 3.63) is 40.1 Å². The van der Waals surface area contributed by atoms with Crippen LogP contribution in [0.4, 0.5) is 5.69 Å². The molecule has 0 spiro atoms. The molecular weight excluding hydrogens is 337 g/mol. The molecule has 6 nitrogen and oxygen atoms in total. The Labute approximate surface area is 131 Å². The van der Waals surface area contributed by atoms with E-state index in [9.17, 15) is 8.42 Å². The molecule has 0 bridgehead atoms. The Morgan fingerprint density at radius 1 is 1.33 bits per heavy atom. The van der Waals surface area contributed by atoms with Gasteiger partial charge in [-0.3, -0.25) is 9.82 Å². The average Bonchev–Trinajstić information content (AvgIpc) is 2.87. The van der Waals surface area contributed by atoms with Crippen molar-refractivity contribution < 1.29 is 13.5 Å². The smallest absolute Gasteiger partial charge is 0.264 e. The van der Waals surface area contributed by atoms with Crippen LogP contribution in [-0.2, 0) is 10.0 Å². The molecule has 110 valence electrons. The standard InChI is InChI=1S/C12H9Cl2N3O3S/c13-10-4-8(2-1-3-18)5-11(14)12(10)21(19,20)17-9-6-15-16-7-9/h4-7,17-18H,3H2,(H,15,16). The third-order valence-corrected chi connectivity index (χ3v) is 4.63. The molecule has 9 heteroatoms. The summed E-state index contributed by atoms with van der Waals surface area (Å²) in [4.78, 5) is -0.249. The van der Waals surface area contributed by atoms with Crippen molar-refractivity contribution in [2.45, 2.75) is 4.90 Å². The monoisotopic (exact) mass is 345 g/mol. The van der Waals surface area contributed by atoms with E-state index in [1.165, 1.54) is 24.5 Å². The summed E-state index contributed by atoms with van der Waals surface area (Å²) in [5, 5.41) is 14.6. The van der Waals surface area contributed by atoms with Crippen LogP contribution in [0.3, 0.4) is 0 Å². The molecule has 2 rings (SSSR count). The van der Waals surface area contributed by atoms with Crippen LogP contribution in [0.2, 0.25) is 10.0 Å². The van der Waals surface area contributed by atoms with E-state index in [-0.39, 0.29) is 27.2 Å². The van der Waals surface area contributed by atoms with Gasteiger partial charge in [-0.1, -0.05) is 35.0 Å². The molecule has 0 radical (unpaired) electrons. The summed E-state index contributed by atoms with van der Waals surface area (Å²) in [7, 11) is -3.95. The number of benzene rings is 1. The van der Waals surface area contributed by atoms with Gasteiger partial charge in [0.25, 0.3) is 10.0 Å². The molecule has 0 amide bonds. The van der Waals surface area contributed by atoms with Crippen LogP contribution in [0, 0.1) is 11.8 Å². The van der Waals surface area contributed by atoms with Crippen LogP contribution in [0.25, 0.3) is 0 Å². The van der Waals surface area contributed by atoms with Crippen molar-refractivity contribution >= 4 is 38.9 Å². The number of aliphatic hydroxyl groups excluding tert-OH is 1. The maximum absolute atomic E-state index is 12.3. The third kappa shape index (κ3) is 3.68. The van der Waals surface area contributed by atoms with Crippen LogP contribution in [0.1, 0.15) is 5.56 Å². The predicted molar refractivity (Wildman–Crippen MR) is 79.8 cm³/mol. The molecule has 0 aliphatic carbocycles. The second kappa shape index (κ2) is 6.37. The van der Waals surface area contributed by atoms with E-state index in [1.807, 2.05) is 0 Å². The number of rotatable bonds is 3. The van der Waals surface area contributed by atoms with E-state index in [1.54, 1.807) is 0 Å². The van der Waals surface area contributed by atoms with Crippen LogP contribution in [0.15, 0.2) is 29.4 Å². The molecule has 0 saturated carbocycles. The molecule has 0 saturated heterocycles. The Morgan fingerprint density at radius 3 is 2.52 bits per heavy atom. The quantitative estimate of drug-likeness (QED) is 0.740. The van der Waals surface area contributed by atoms with Gasteiger partial charge in [-0.15, -0.1) is 0 Å². The Bertz CT molecular complexity index is 785. The van der Waals surface area contributed by atoms with Gasteiger partial charge in [0.05, 0.1) is 21.9 Å². The number of anilines is 1. The highest BCUT2D eigenvalue weighted by Gasteiger charge is 2.22. The second-order valence-corrected chi connectivity index (χ2v) is 6.26. The molecule has 0 aliphatic rings. The minimum Gasteiger partial charge on any atom is -0.384 e. The van der Waals surface area contributed by atoms with Gasteiger partial charge in [0, 0.05) is 11.8 Å². The minimum absolute atomic E-state index is 0.0688. The van der Waals surface area contributed by atoms with Gasteiger partial charge < -0.3 is 5.11 Å². The van der Waals surface area contributed by atoms with Gasteiger partial charge in [0.1, 0.15) is 11.5 Å². The van der Waals surface area contributed by atoms with Gasteiger partial charge in [0.15, 0.2) is 0 Å². The third-order valence-electron chi connectivity index (χ3n) is 2.33. The Morgan fingerprint density at radius 2 is 2.00 bits per heavy atom.